The van der Waals surface area contributed by atoms with Crippen molar-refractivity contribution in [1.29, 1.82) is 0 Å². The first-order valence-electron chi connectivity index (χ1n) is 6.44. The largest absolute Gasteiger partial charge is 0.353 e. The Morgan fingerprint density at radius 3 is 2.83 bits per heavy atom. The van der Waals surface area contributed by atoms with E-state index in [-0.39, 0.29) is 17.8 Å². The van der Waals surface area contributed by atoms with Gasteiger partial charge in [0.05, 0.1) is 0 Å². The summed E-state index contributed by atoms with van der Waals surface area (Å²) in [7, 11) is 0. The van der Waals surface area contributed by atoms with E-state index in [2.05, 4.69) is 10.6 Å². The number of nitrogens with one attached hydrogen (secondary N) is 2. The lowest BCUT2D eigenvalue weighted by Gasteiger charge is -2.14. The summed E-state index contributed by atoms with van der Waals surface area (Å²) in [5, 5.41) is 6.09. The normalized spacial score (nSPS) is 16.3. The van der Waals surface area contributed by atoms with Crippen LogP contribution >= 0.6 is 0 Å². The third-order valence-electron chi connectivity index (χ3n) is 3.12. The van der Waals surface area contributed by atoms with Gasteiger partial charge in [-0.15, -0.1) is 0 Å². The van der Waals surface area contributed by atoms with E-state index in [1.54, 1.807) is 12.1 Å². The molecule has 0 aromatic heterocycles. The molecule has 1 aromatic rings. The van der Waals surface area contributed by atoms with Gasteiger partial charge in [0, 0.05) is 30.6 Å². The number of carbonyl (C=O) groups excluding carboxylic acids is 1. The van der Waals surface area contributed by atoms with Gasteiger partial charge >= 0.3 is 0 Å². The number of halogens is 1. The van der Waals surface area contributed by atoms with Gasteiger partial charge < -0.3 is 10.6 Å². The van der Waals surface area contributed by atoms with Crippen molar-refractivity contribution in [3.05, 3.63) is 35.6 Å². The van der Waals surface area contributed by atoms with E-state index < -0.39 is 0 Å². The summed E-state index contributed by atoms with van der Waals surface area (Å²) in [4.78, 5) is 11.5. The Labute approximate surface area is 107 Å². The van der Waals surface area contributed by atoms with Crippen molar-refractivity contribution in [2.24, 2.45) is 0 Å². The van der Waals surface area contributed by atoms with Crippen LogP contribution in [0, 0.1) is 5.82 Å². The third kappa shape index (κ3) is 3.81. The lowest BCUT2D eigenvalue weighted by Crippen LogP contribution is -2.30. The van der Waals surface area contributed by atoms with Crippen molar-refractivity contribution in [2.45, 2.75) is 38.3 Å². The summed E-state index contributed by atoms with van der Waals surface area (Å²) in [6, 6.07) is 7.02. The Hall–Kier alpha value is -1.42. The van der Waals surface area contributed by atoms with Gasteiger partial charge in [-0.3, -0.25) is 4.79 Å². The first-order chi connectivity index (χ1) is 8.66. The number of benzene rings is 1. The molecule has 0 heterocycles. The molecule has 1 aromatic carbocycles. The van der Waals surface area contributed by atoms with E-state index in [9.17, 15) is 9.18 Å². The fraction of sp³-hybridized carbons (Fsp3) is 0.500. The maximum absolute atomic E-state index is 13.5. The molecule has 2 N–H and O–H groups in total. The third-order valence-corrected chi connectivity index (χ3v) is 3.12. The van der Waals surface area contributed by atoms with E-state index in [4.69, 9.17) is 0 Å². The highest BCUT2D eigenvalue weighted by atomic mass is 19.1. The summed E-state index contributed by atoms with van der Waals surface area (Å²) in [6.07, 6.45) is 2.64. The van der Waals surface area contributed by atoms with Crippen LogP contribution < -0.4 is 10.6 Å². The van der Waals surface area contributed by atoms with E-state index >= 15 is 0 Å². The molecule has 1 atom stereocenters. The summed E-state index contributed by atoms with van der Waals surface area (Å²) >= 11 is 0. The van der Waals surface area contributed by atoms with E-state index in [1.165, 1.54) is 6.07 Å². The molecule has 0 aliphatic heterocycles. The fourth-order valence-electron chi connectivity index (χ4n) is 1.87. The molecule has 1 aliphatic carbocycles. The van der Waals surface area contributed by atoms with Crippen molar-refractivity contribution >= 4 is 5.91 Å². The van der Waals surface area contributed by atoms with Crippen LogP contribution in [0.25, 0.3) is 0 Å². The zero-order valence-electron chi connectivity index (χ0n) is 10.6. The summed E-state index contributed by atoms with van der Waals surface area (Å²) in [5.41, 5.74) is 0.639. The molecule has 98 valence electrons. The van der Waals surface area contributed by atoms with Crippen LogP contribution in [0.3, 0.4) is 0 Å². The van der Waals surface area contributed by atoms with Crippen molar-refractivity contribution in [3.63, 3.8) is 0 Å². The lowest BCUT2D eigenvalue weighted by molar-refractivity contribution is -0.121. The minimum atomic E-state index is -0.208. The quantitative estimate of drug-likeness (QED) is 0.812. The second-order valence-corrected chi connectivity index (χ2v) is 4.79. The Morgan fingerprint density at radius 2 is 2.17 bits per heavy atom. The van der Waals surface area contributed by atoms with Gasteiger partial charge in [0.1, 0.15) is 5.82 Å². The number of hydrogen-bond acceptors (Lipinski definition) is 2. The Balaban J connectivity index is 1.72. The molecule has 1 fully saturated rings. The second-order valence-electron chi connectivity index (χ2n) is 4.79. The van der Waals surface area contributed by atoms with E-state index in [0.717, 1.165) is 12.8 Å². The first-order valence-corrected chi connectivity index (χ1v) is 6.44. The van der Waals surface area contributed by atoms with Crippen LogP contribution in [0.1, 0.15) is 37.8 Å². The molecule has 1 amide bonds. The zero-order valence-corrected chi connectivity index (χ0v) is 10.6. The average Bonchev–Trinajstić information content (AvgIpc) is 3.13. The molecule has 0 radical (unpaired) electrons. The molecule has 18 heavy (non-hydrogen) atoms. The van der Waals surface area contributed by atoms with Gasteiger partial charge in [0.2, 0.25) is 5.91 Å². The van der Waals surface area contributed by atoms with Crippen LogP contribution in [0.5, 0.6) is 0 Å². The summed E-state index contributed by atoms with van der Waals surface area (Å²) in [5.74, 6) is -0.134. The fourth-order valence-corrected chi connectivity index (χ4v) is 1.87. The number of amides is 1. The first kappa shape index (κ1) is 13.0. The molecular weight excluding hydrogens is 231 g/mol. The molecule has 0 spiro atoms. The number of carbonyl (C=O) groups is 1. The van der Waals surface area contributed by atoms with Crippen LogP contribution in [-0.4, -0.2) is 18.5 Å². The van der Waals surface area contributed by atoms with Crippen LogP contribution in [0.15, 0.2) is 24.3 Å². The SMILES string of the molecule is C[C@@H](NCCC(=O)NC1CC1)c1ccccc1F. The van der Waals surface area contributed by atoms with Crippen LogP contribution in [0.4, 0.5) is 4.39 Å². The summed E-state index contributed by atoms with van der Waals surface area (Å²) in [6.45, 7) is 2.46. The van der Waals surface area contributed by atoms with Gasteiger partial charge in [0.25, 0.3) is 0 Å². The highest BCUT2D eigenvalue weighted by molar-refractivity contribution is 5.76. The molecule has 2 rings (SSSR count). The molecule has 1 aliphatic rings. The standard InChI is InChI=1S/C14H19FN2O/c1-10(12-4-2-3-5-13(12)15)16-9-8-14(18)17-11-6-7-11/h2-5,10-11,16H,6-9H2,1H3,(H,17,18)/t10-/m1/s1. The van der Waals surface area contributed by atoms with Crippen LogP contribution in [-0.2, 0) is 4.79 Å². The van der Waals surface area contributed by atoms with Gasteiger partial charge in [-0.1, -0.05) is 18.2 Å². The smallest absolute Gasteiger partial charge is 0.221 e. The predicted octanol–water partition coefficient (Wildman–Crippen LogP) is 2.14. The van der Waals surface area contributed by atoms with E-state index in [0.29, 0.717) is 24.6 Å². The Bertz CT molecular complexity index is 418. The Kier molecular flexibility index (Phi) is 4.31. The Morgan fingerprint density at radius 1 is 1.44 bits per heavy atom. The second kappa shape index (κ2) is 5.96. The van der Waals surface area contributed by atoms with Crippen LogP contribution in [0.2, 0.25) is 0 Å². The number of hydrogen-bond donors (Lipinski definition) is 2. The van der Waals surface area contributed by atoms with Crippen molar-refractivity contribution in [1.82, 2.24) is 10.6 Å². The van der Waals surface area contributed by atoms with Crippen molar-refractivity contribution < 1.29 is 9.18 Å². The van der Waals surface area contributed by atoms with Crippen molar-refractivity contribution in [2.75, 3.05) is 6.54 Å². The molecule has 0 bridgehead atoms. The predicted molar refractivity (Wildman–Crippen MR) is 68.6 cm³/mol. The van der Waals surface area contributed by atoms with Crippen molar-refractivity contribution in [3.8, 4) is 0 Å². The highest BCUT2D eigenvalue weighted by Crippen LogP contribution is 2.18. The molecule has 0 unspecified atom stereocenters. The molecule has 1 saturated carbocycles. The van der Waals surface area contributed by atoms with Gasteiger partial charge in [0.15, 0.2) is 0 Å². The maximum Gasteiger partial charge on any atom is 0.221 e. The van der Waals surface area contributed by atoms with Gasteiger partial charge in [-0.2, -0.15) is 0 Å². The molecule has 4 heteroatoms. The molecule has 3 nitrogen and oxygen atoms in total. The van der Waals surface area contributed by atoms with Gasteiger partial charge in [-0.25, -0.2) is 4.39 Å². The maximum atomic E-state index is 13.5. The summed E-state index contributed by atoms with van der Waals surface area (Å²) < 4.78 is 13.5. The van der Waals surface area contributed by atoms with E-state index in [1.807, 2.05) is 13.0 Å². The zero-order chi connectivity index (χ0) is 13.0. The minimum Gasteiger partial charge on any atom is -0.353 e. The topological polar surface area (TPSA) is 41.1 Å². The average molecular weight is 250 g/mol. The lowest BCUT2D eigenvalue weighted by atomic mass is 10.1. The molecule has 0 saturated heterocycles. The minimum absolute atomic E-state index is 0.0748. The monoisotopic (exact) mass is 250 g/mol. The number of rotatable bonds is 6. The molecular formula is C14H19FN2O. The van der Waals surface area contributed by atoms with Gasteiger partial charge in [-0.05, 0) is 25.8 Å². The highest BCUT2D eigenvalue weighted by Gasteiger charge is 2.22.